The molecule has 0 saturated heterocycles. The molecule has 0 spiro atoms. The van der Waals surface area contributed by atoms with Crippen LogP contribution in [0.4, 0.5) is 5.69 Å². The summed E-state index contributed by atoms with van der Waals surface area (Å²) in [6.07, 6.45) is 1.67. The van der Waals surface area contributed by atoms with Gasteiger partial charge in [0, 0.05) is 24.8 Å². The zero-order valence-electron chi connectivity index (χ0n) is 12.4. The Morgan fingerprint density at radius 1 is 1.43 bits per heavy atom. The molecule has 2 N–H and O–H groups in total. The zero-order valence-corrected chi connectivity index (χ0v) is 13.1. The summed E-state index contributed by atoms with van der Waals surface area (Å²) in [7, 11) is 1.74. The SMILES string of the molecule is CCn1cc(N)c(C(=O)N(C)C(C)c2ccc(Cl)cc2)n1. The summed E-state index contributed by atoms with van der Waals surface area (Å²) in [4.78, 5) is 14.1. The molecule has 1 amide bonds. The van der Waals surface area contributed by atoms with Crippen molar-refractivity contribution in [3.8, 4) is 0 Å². The van der Waals surface area contributed by atoms with Crippen LogP contribution in [0, 0.1) is 0 Å². The Hall–Kier alpha value is -2.01. The summed E-state index contributed by atoms with van der Waals surface area (Å²) in [6, 6.07) is 7.34. The first-order valence-corrected chi connectivity index (χ1v) is 7.17. The highest BCUT2D eigenvalue weighted by Crippen LogP contribution is 2.23. The van der Waals surface area contributed by atoms with Crippen LogP contribution in [0.2, 0.25) is 5.02 Å². The van der Waals surface area contributed by atoms with Crippen molar-refractivity contribution in [2.24, 2.45) is 0 Å². The van der Waals surface area contributed by atoms with Crippen LogP contribution in [-0.4, -0.2) is 27.6 Å². The number of amides is 1. The number of aryl methyl sites for hydroxylation is 1. The maximum Gasteiger partial charge on any atom is 0.276 e. The fraction of sp³-hybridized carbons (Fsp3) is 0.333. The number of rotatable bonds is 4. The number of nitrogen functional groups attached to an aromatic ring is 1. The summed E-state index contributed by atoms with van der Waals surface area (Å²) < 4.78 is 1.66. The van der Waals surface area contributed by atoms with E-state index < -0.39 is 0 Å². The molecule has 6 heteroatoms. The average Bonchev–Trinajstić information content (AvgIpc) is 2.87. The molecule has 0 aliphatic heterocycles. The molecule has 5 nitrogen and oxygen atoms in total. The Labute approximate surface area is 129 Å². The predicted octanol–water partition coefficient (Wildman–Crippen LogP) is 2.97. The monoisotopic (exact) mass is 306 g/mol. The molecule has 21 heavy (non-hydrogen) atoms. The summed E-state index contributed by atoms with van der Waals surface area (Å²) in [5.41, 5.74) is 7.56. The lowest BCUT2D eigenvalue weighted by atomic mass is 10.1. The summed E-state index contributed by atoms with van der Waals surface area (Å²) >= 11 is 5.88. The smallest absolute Gasteiger partial charge is 0.276 e. The van der Waals surface area contributed by atoms with Crippen molar-refractivity contribution in [3.63, 3.8) is 0 Å². The summed E-state index contributed by atoms with van der Waals surface area (Å²) in [6.45, 7) is 4.57. The van der Waals surface area contributed by atoms with Crippen molar-refractivity contribution in [3.05, 3.63) is 46.7 Å². The molecular weight excluding hydrogens is 288 g/mol. The highest BCUT2D eigenvalue weighted by Gasteiger charge is 2.23. The van der Waals surface area contributed by atoms with Gasteiger partial charge in [-0.1, -0.05) is 23.7 Å². The number of hydrogen-bond acceptors (Lipinski definition) is 3. The maximum atomic E-state index is 12.5. The Kier molecular flexibility index (Phi) is 4.53. The van der Waals surface area contributed by atoms with Crippen LogP contribution in [0.25, 0.3) is 0 Å². The molecule has 0 radical (unpaired) electrons. The van der Waals surface area contributed by atoms with Crippen LogP contribution >= 0.6 is 11.6 Å². The number of anilines is 1. The zero-order chi connectivity index (χ0) is 15.6. The van der Waals surface area contributed by atoms with Crippen molar-refractivity contribution in [2.75, 3.05) is 12.8 Å². The molecule has 1 aromatic heterocycles. The third-order valence-corrected chi connectivity index (χ3v) is 3.82. The number of carbonyl (C=O) groups excluding carboxylic acids is 1. The van der Waals surface area contributed by atoms with Gasteiger partial charge in [0.05, 0.1) is 11.7 Å². The topological polar surface area (TPSA) is 64.2 Å². The molecule has 1 unspecified atom stereocenters. The van der Waals surface area contributed by atoms with Gasteiger partial charge in [0.1, 0.15) is 0 Å². The third-order valence-electron chi connectivity index (χ3n) is 3.57. The first-order chi connectivity index (χ1) is 9.93. The second-order valence-corrected chi connectivity index (χ2v) is 5.37. The molecule has 0 fully saturated rings. The Bertz CT molecular complexity index is 636. The van der Waals surface area contributed by atoms with Crippen LogP contribution in [-0.2, 0) is 6.54 Å². The van der Waals surface area contributed by atoms with Gasteiger partial charge in [-0.3, -0.25) is 9.48 Å². The van der Waals surface area contributed by atoms with Crippen molar-refractivity contribution in [1.29, 1.82) is 0 Å². The minimum Gasteiger partial charge on any atom is -0.396 e. The van der Waals surface area contributed by atoms with Gasteiger partial charge in [0.25, 0.3) is 5.91 Å². The molecule has 1 atom stereocenters. The molecule has 112 valence electrons. The van der Waals surface area contributed by atoms with E-state index in [1.165, 1.54) is 0 Å². The highest BCUT2D eigenvalue weighted by atomic mass is 35.5. The third kappa shape index (κ3) is 3.19. The van der Waals surface area contributed by atoms with Crippen molar-refractivity contribution < 1.29 is 4.79 Å². The van der Waals surface area contributed by atoms with E-state index in [1.54, 1.807) is 22.8 Å². The van der Waals surface area contributed by atoms with E-state index in [1.807, 2.05) is 38.1 Å². The van der Waals surface area contributed by atoms with Crippen molar-refractivity contribution >= 4 is 23.2 Å². The van der Waals surface area contributed by atoms with Gasteiger partial charge in [-0.25, -0.2) is 0 Å². The minimum absolute atomic E-state index is 0.0963. The second kappa shape index (κ2) is 6.18. The molecule has 0 aliphatic carbocycles. The van der Waals surface area contributed by atoms with Gasteiger partial charge in [-0.15, -0.1) is 0 Å². The average molecular weight is 307 g/mol. The fourth-order valence-corrected chi connectivity index (χ4v) is 2.20. The van der Waals surface area contributed by atoms with E-state index in [0.717, 1.165) is 5.56 Å². The van der Waals surface area contributed by atoms with E-state index >= 15 is 0 Å². The van der Waals surface area contributed by atoms with Gasteiger partial charge in [0.2, 0.25) is 0 Å². The van der Waals surface area contributed by atoms with E-state index in [2.05, 4.69) is 5.10 Å². The Morgan fingerprint density at radius 2 is 2.05 bits per heavy atom. The standard InChI is InChI=1S/C15H19ClN4O/c1-4-20-9-13(17)14(18-20)15(21)19(3)10(2)11-5-7-12(16)8-6-11/h5-10H,4,17H2,1-3H3. The molecular formula is C15H19ClN4O. The minimum atomic E-state index is -0.192. The molecule has 0 saturated carbocycles. The largest absolute Gasteiger partial charge is 0.396 e. The maximum absolute atomic E-state index is 12.5. The lowest BCUT2D eigenvalue weighted by molar-refractivity contribution is 0.0737. The number of nitrogens with two attached hydrogens (primary N) is 1. The van der Waals surface area contributed by atoms with Crippen LogP contribution < -0.4 is 5.73 Å². The molecule has 2 aromatic rings. The molecule has 1 aromatic carbocycles. The predicted molar refractivity (Wildman–Crippen MR) is 84.3 cm³/mol. The first kappa shape index (κ1) is 15.4. The van der Waals surface area contributed by atoms with Crippen LogP contribution in [0.3, 0.4) is 0 Å². The van der Waals surface area contributed by atoms with Crippen molar-refractivity contribution in [1.82, 2.24) is 14.7 Å². The molecule has 0 bridgehead atoms. The van der Waals surface area contributed by atoms with E-state index in [9.17, 15) is 4.79 Å². The first-order valence-electron chi connectivity index (χ1n) is 6.79. The highest BCUT2D eigenvalue weighted by molar-refractivity contribution is 6.30. The van der Waals surface area contributed by atoms with E-state index in [4.69, 9.17) is 17.3 Å². The molecule has 1 heterocycles. The van der Waals surface area contributed by atoms with Crippen LogP contribution in [0.15, 0.2) is 30.5 Å². The number of hydrogen-bond donors (Lipinski definition) is 1. The Balaban J connectivity index is 2.21. The summed E-state index contributed by atoms with van der Waals surface area (Å²) in [5.74, 6) is -0.192. The second-order valence-electron chi connectivity index (χ2n) is 4.93. The van der Waals surface area contributed by atoms with Gasteiger partial charge in [0.15, 0.2) is 5.69 Å². The summed E-state index contributed by atoms with van der Waals surface area (Å²) in [5, 5.41) is 4.89. The Morgan fingerprint density at radius 3 is 2.57 bits per heavy atom. The molecule has 0 aliphatic rings. The van der Waals surface area contributed by atoms with Crippen LogP contribution in [0.1, 0.15) is 35.9 Å². The molecule has 2 rings (SSSR count). The van der Waals surface area contributed by atoms with Crippen LogP contribution in [0.5, 0.6) is 0 Å². The van der Waals surface area contributed by atoms with Gasteiger partial charge in [-0.05, 0) is 31.5 Å². The van der Waals surface area contributed by atoms with E-state index in [-0.39, 0.29) is 11.9 Å². The number of carbonyl (C=O) groups is 1. The normalized spacial score (nSPS) is 12.2. The van der Waals surface area contributed by atoms with E-state index in [0.29, 0.717) is 22.9 Å². The number of nitrogens with zero attached hydrogens (tertiary/aromatic N) is 3. The van der Waals surface area contributed by atoms with Crippen molar-refractivity contribution in [2.45, 2.75) is 26.4 Å². The number of aromatic nitrogens is 2. The van der Waals surface area contributed by atoms with Gasteiger partial charge >= 0.3 is 0 Å². The van der Waals surface area contributed by atoms with Gasteiger partial charge < -0.3 is 10.6 Å². The van der Waals surface area contributed by atoms with Gasteiger partial charge in [-0.2, -0.15) is 5.10 Å². The lowest BCUT2D eigenvalue weighted by Gasteiger charge is -2.24. The number of benzene rings is 1. The quantitative estimate of drug-likeness (QED) is 0.944. The number of halogens is 1. The lowest BCUT2D eigenvalue weighted by Crippen LogP contribution is -2.30. The fourth-order valence-electron chi connectivity index (χ4n) is 2.07.